The lowest BCUT2D eigenvalue weighted by molar-refractivity contribution is 0.0911. The molecule has 0 radical (unpaired) electrons. The molecule has 1 atom stereocenters. The average Bonchev–Trinajstić information content (AvgIpc) is 2.56. The second kappa shape index (κ2) is 3.85. The molecule has 72 valence electrons. The van der Waals surface area contributed by atoms with Crippen LogP contribution in [0.1, 0.15) is 6.42 Å². The zero-order valence-electron chi connectivity index (χ0n) is 7.63. The third-order valence-electron chi connectivity index (χ3n) is 2.62. The number of hydrogen-bond donors (Lipinski definition) is 1. The highest BCUT2D eigenvalue weighted by Crippen LogP contribution is 2.14. The molecule has 1 aliphatic heterocycles. The van der Waals surface area contributed by atoms with Crippen LogP contribution in [0.15, 0.2) is 12.7 Å². The maximum atomic E-state index is 5.60. The van der Waals surface area contributed by atoms with Gasteiger partial charge in [-0.15, -0.1) is 0 Å². The average molecular weight is 181 g/mol. The van der Waals surface area contributed by atoms with Crippen molar-refractivity contribution < 1.29 is 0 Å². The van der Waals surface area contributed by atoms with Gasteiger partial charge >= 0.3 is 0 Å². The number of aromatic nitrogens is 3. The predicted molar refractivity (Wildman–Crippen MR) is 49.1 cm³/mol. The van der Waals surface area contributed by atoms with Gasteiger partial charge in [0.25, 0.3) is 0 Å². The molecule has 0 amide bonds. The Bertz CT molecular complexity index is 243. The van der Waals surface area contributed by atoms with Gasteiger partial charge in [0.15, 0.2) is 0 Å². The van der Waals surface area contributed by atoms with Crippen molar-refractivity contribution in [2.24, 2.45) is 5.73 Å². The fraction of sp³-hybridized carbons (Fsp3) is 0.750. The minimum absolute atomic E-state index is 0.600. The zero-order chi connectivity index (χ0) is 9.10. The van der Waals surface area contributed by atoms with E-state index in [1.165, 1.54) is 13.0 Å². The summed E-state index contributed by atoms with van der Waals surface area (Å²) >= 11 is 0. The summed E-state index contributed by atoms with van der Waals surface area (Å²) in [6, 6.07) is 0.600. The lowest BCUT2D eigenvalue weighted by atomic mass is 10.0. The van der Waals surface area contributed by atoms with Gasteiger partial charge in [0.2, 0.25) is 0 Å². The van der Waals surface area contributed by atoms with Gasteiger partial charge in [0, 0.05) is 25.7 Å². The second-order valence-corrected chi connectivity index (χ2v) is 3.37. The molecule has 1 saturated heterocycles. The Kier molecular flexibility index (Phi) is 2.56. The van der Waals surface area contributed by atoms with Crippen molar-refractivity contribution in [1.82, 2.24) is 19.7 Å². The molecule has 2 N–H and O–H groups in total. The molecule has 2 heterocycles. The van der Waals surface area contributed by atoms with E-state index in [1.807, 2.05) is 4.68 Å². The molecule has 5 nitrogen and oxygen atoms in total. The highest BCUT2D eigenvalue weighted by molar-refractivity contribution is 4.82. The molecule has 1 unspecified atom stereocenters. The van der Waals surface area contributed by atoms with Crippen LogP contribution in [0.25, 0.3) is 0 Å². The summed E-state index contributed by atoms with van der Waals surface area (Å²) in [5, 5.41) is 4.05. The highest BCUT2D eigenvalue weighted by Gasteiger charge is 2.25. The highest BCUT2D eigenvalue weighted by atomic mass is 15.3. The fourth-order valence-electron chi connectivity index (χ4n) is 1.63. The van der Waals surface area contributed by atoms with E-state index in [0.29, 0.717) is 6.04 Å². The third kappa shape index (κ3) is 1.87. The quantitative estimate of drug-likeness (QED) is 0.668. The molecule has 1 fully saturated rings. The summed E-state index contributed by atoms with van der Waals surface area (Å²) in [5.41, 5.74) is 5.60. The molecule has 13 heavy (non-hydrogen) atoms. The van der Waals surface area contributed by atoms with E-state index in [-0.39, 0.29) is 0 Å². The first-order valence-corrected chi connectivity index (χ1v) is 4.66. The van der Waals surface area contributed by atoms with Crippen molar-refractivity contribution in [1.29, 1.82) is 0 Å². The van der Waals surface area contributed by atoms with Crippen LogP contribution >= 0.6 is 0 Å². The van der Waals surface area contributed by atoms with Gasteiger partial charge in [0.05, 0.1) is 6.54 Å². The monoisotopic (exact) mass is 181 g/mol. The number of nitrogens with two attached hydrogens (primary N) is 1. The van der Waals surface area contributed by atoms with E-state index in [0.717, 1.165) is 19.6 Å². The topological polar surface area (TPSA) is 60.0 Å². The molecule has 1 aliphatic rings. The van der Waals surface area contributed by atoms with Crippen LogP contribution in [-0.2, 0) is 6.54 Å². The van der Waals surface area contributed by atoms with E-state index in [2.05, 4.69) is 15.0 Å². The van der Waals surface area contributed by atoms with Gasteiger partial charge in [-0.2, -0.15) is 5.10 Å². The lowest BCUT2D eigenvalue weighted by Gasteiger charge is -2.40. The van der Waals surface area contributed by atoms with Crippen molar-refractivity contribution in [2.45, 2.75) is 19.0 Å². The van der Waals surface area contributed by atoms with Crippen LogP contribution in [-0.4, -0.2) is 45.3 Å². The molecule has 0 spiro atoms. The predicted octanol–water partition coefficient (Wildman–Crippen LogP) is -0.689. The number of hydrogen-bond acceptors (Lipinski definition) is 4. The van der Waals surface area contributed by atoms with Crippen LogP contribution in [0.3, 0.4) is 0 Å². The van der Waals surface area contributed by atoms with Crippen LogP contribution in [0.4, 0.5) is 0 Å². The maximum Gasteiger partial charge on any atom is 0.137 e. The first kappa shape index (κ1) is 8.65. The van der Waals surface area contributed by atoms with E-state index in [9.17, 15) is 0 Å². The van der Waals surface area contributed by atoms with E-state index >= 15 is 0 Å². The van der Waals surface area contributed by atoms with Crippen LogP contribution in [0, 0.1) is 0 Å². The van der Waals surface area contributed by atoms with Gasteiger partial charge in [-0.3, -0.25) is 9.58 Å². The number of rotatable bonds is 4. The number of nitrogens with zero attached hydrogens (tertiary/aromatic N) is 4. The Morgan fingerprint density at radius 3 is 2.92 bits per heavy atom. The SMILES string of the molecule is NCC1CCN1CCn1cncn1. The Labute approximate surface area is 77.5 Å². The fourth-order valence-corrected chi connectivity index (χ4v) is 1.63. The van der Waals surface area contributed by atoms with Crippen molar-refractivity contribution in [3.05, 3.63) is 12.7 Å². The molecule has 0 aliphatic carbocycles. The normalized spacial score (nSPS) is 23.0. The summed E-state index contributed by atoms with van der Waals surface area (Å²) in [6.45, 7) is 3.90. The first-order chi connectivity index (χ1) is 6.40. The molecule has 0 saturated carbocycles. The van der Waals surface area contributed by atoms with Gasteiger partial charge in [-0.05, 0) is 6.42 Å². The Hall–Kier alpha value is -0.940. The van der Waals surface area contributed by atoms with Crippen LogP contribution in [0.2, 0.25) is 0 Å². The minimum atomic E-state index is 0.600. The van der Waals surface area contributed by atoms with Gasteiger partial charge in [0.1, 0.15) is 12.7 Å². The molecular formula is C8H15N5. The second-order valence-electron chi connectivity index (χ2n) is 3.37. The Balaban J connectivity index is 1.74. The zero-order valence-corrected chi connectivity index (χ0v) is 7.63. The van der Waals surface area contributed by atoms with Gasteiger partial charge in [-0.25, -0.2) is 4.98 Å². The Morgan fingerprint density at radius 2 is 2.38 bits per heavy atom. The molecule has 2 rings (SSSR count). The molecular weight excluding hydrogens is 166 g/mol. The van der Waals surface area contributed by atoms with Crippen molar-refractivity contribution in [2.75, 3.05) is 19.6 Å². The summed E-state index contributed by atoms with van der Waals surface area (Å²) in [7, 11) is 0. The summed E-state index contributed by atoms with van der Waals surface area (Å²) in [6.07, 6.45) is 4.56. The molecule has 0 aromatic carbocycles. The largest absolute Gasteiger partial charge is 0.329 e. The summed E-state index contributed by atoms with van der Waals surface area (Å²) < 4.78 is 1.85. The summed E-state index contributed by atoms with van der Waals surface area (Å²) in [4.78, 5) is 6.28. The summed E-state index contributed by atoms with van der Waals surface area (Å²) in [5.74, 6) is 0. The van der Waals surface area contributed by atoms with Gasteiger partial charge < -0.3 is 5.73 Å². The standard InChI is InChI=1S/C8H15N5/c9-5-8-1-2-12(8)3-4-13-7-10-6-11-13/h6-8H,1-5,9H2. The third-order valence-corrected chi connectivity index (χ3v) is 2.62. The first-order valence-electron chi connectivity index (χ1n) is 4.66. The smallest absolute Gasteiger partial charge is 0.137 e. The minimum Gasteiger partial charge on any atom is -0.329 e. The van der Waals surface area contributed by atoms with Crippen molar-refractivity contribution in [3.8, 4) is 0 Å². The van der Waals surface area contributed by atoms with Gasteiger partial charge in [-0.1, -0.05) is 0 Å². The lowest BCUT2D eigenvalue weighted by Crippen LogP contribution is -2.52. The van der Waals surface area contributed by atoms with E-state index < -0.39 is 0 Å². The van der Waals surface area contributed by atoms with Crippen LogP contribution < -0.4 is 5.73 Å². The maximum absolute atomic E-state index is 5.60. The van der Waals surface area contributed by atoms with Crippen molar-refractivity contribution in [3.63, 3.8) is 0 Å². The Morgan fingerprint density at radius 1 is 1.46 bits per heavy atom. The molecule has 5 heteroatoms. The molecule has 1 aromatic heterocycles. The number of likely N-dealkylation sites (tertiary alicyclic amines) is 1. The van der Waals surface area contributed by atoms with E-state index in [4.69, 9.17) is 5.73 Å². The molecule has 0 bridgehead atoms. The van der Waals surface area contributed by atoms with E-state index in [1.54, 1.807) is 12.7 Å². The van der Waals surface area contributed by atoms with Crippen LogP contribution in [0.5, 0.6) is 0 Å². The molecule has 1 aromatic rings. The van der Waals surface area contributed by atoms with Crippen molar-refractivity contribution >= 4 is 0 Å².